The normalized spacial score (nSPS) is 14.0. The molecule has 1 fully saturated rings. The molecule has 7 heteroatoms. The van der Waals surface area contributed by atoms with Crippen molar-refractivity contribution in [2.24, 2.45) is 0 Å². The van der Waals surface area contributed by atoms with Crippen molar-refractivity contribution < 1.29 is 23.8 Å². The number of piperidine rings is 1. The van der Waals surface area contributed by atoms with Gasteiger partial charge in [-0.05, 0) is 62.1 Å². The summed E-state index contributed by atoms with van der Waals surface area (Å²) in [6.45, 7) is 3.80. The van der Waals surface area contributed by atoms with Crippen LogP contribution in [0.15, 0.2) is 42.5 Å². The fourth-order valence-corrected chi connectivity index (χ4v) is 3.86. The van der Waals surface area contributed by atoms with Gasteiger partial charge in [0.1, 0.15) is 5.75 Å². The van der Waals surface area contributed by atoms with Gasteiger partial charge in [0.15, 0.2) is 11.5 Å². The summed E-state index contributed by atoms with van der Waals surface area (Å²) in [5.41, 5.74) is 1.62. The number of carbonyl (C=O) groups excluding carboxylic acids is 2. The molecule has 2 aromatic rings. The minimum atomic E-state index is -0.113. The van der Waals surface area contributed by atoms with Gasteiger partial charge in [-0.25, -0.2) is 0 Å². The first kappa shape index (κ1) is 23.4. The molecule has 0 spiro atoms. The summed E-state index contributed by atoms with van der Waals surface area (Å²) >= 11 is 0. The van der Waals surface area contributed by atoms with E-state index in [1.54, 1.807) is 32.4 Å². The maximum Gasteiger partial charge on any atom is 0.251 e. The second-order valence-electron chi connectivity index (χ2n) is 7.78. The SMILES string of the molecule is CCOc1ccc(CCC(=O)N2CCC(NC(=O)c3cccc(OC)c3)CC2)cc1OC. The average Bonchev–Trinajstić information content (AvgIpc) is 2.83. The topological polar surface area (TPSA) is 77.1 Å². The summed E-state index contributed by atoms with van der Waals surface area (Å²) in [6.07, 6.45) is 2.59. The largest absolute Gasteiger partial charge is 0.497 e. The predicted molar refractivity (Wildman–Crippen MR) is 123 cm³/mol. The van der Waals surface area contributed by atoms with Gasteiger partial charge in [0.25, 0.3) is 5.91 Å². The van der Waals surface area contributed by atoms with E-state index in [0.29, 0.717) is 55.4 Å². The Labute approximate surface area is 189 Å². The van der Waals surface area contributed by atoms with Gasteiger partial charge in [-0.1, -0.05) is 12.1 Å². The molecule has 0 unspecified atom stereocenters. The second-order valence-corrected chi connectivity index (χ2v) is 7.78. The van der Waals surface area contributed by atoms with Crippen LogP contribution in [0.25, 0.3) is 0 Å². The molecule has 0 radical (unpaired) electrons. The van der Waals surface area contributed by atoms with E-state index in [-0.39, 0.29) is 17.9 Å². The number of hydrogen-bond acceptors (Lipinski definition) is 5. The Morgan fingerprint density at radius 3 is 2.50 bits per heavy atom. The molecule has 0 aromatic heterocycles. The highest BCUT2D eigenvalue weighted by atomic mass is 16.5. The molecule has 1 aliphatic rings. The maximum atomic E-state index is 12.7. The van der Waals surface area contributed by atoms with Crippen molar-refractivity contribution in [3.8, 4) is 17.2 Å². The monoisotopic (exact) mass is 440 g/mol. The fraction of sp³-hybridized carbons (Fsp3) is 0.440. The summed E-state index contributed by atoms with van der Waals surface area (Å²) < 4.78 is 16.1. The number of amides is 2. The predicted octanol–water partition coefficient (Wildman–Crippen LogP) is 3.46. The summed E-state index contributed by atoms with van der Waals surface area (Å²) in [4.78, 5) is 27.1. The third kappa shape index (κ3) is 6.15. The van der Waals surface area contributed by atoms with Gasteiger partial charge >= 0.3 is 0 Å². The Hall–Kier alpha value is -3.22. The molecule has 1 N–H and O–H groups in total. The third-order valence-electron chi connectivity index (χ3n) is 5.67. The molecular weight excluding hydrogens is 408 g/mol. The van der Waals surface area contributed by atoms with Crippen LogP contribution in [0.5, 0.6) is 17.2 Å². The van der Waals surface area contributed by atoms with Gasteiger partial charge in [0, 0.05) is 31.1 Å². The molecule has 0 aliphatic carbocycles. The number of methoxy groups -OCH3 is 2. The Balaban J connectivity index is 1.45. The summed E-state index contributed by atoms with van der Waals surface area (Å²) in [7, 11) is 3.19. The number of nitrogens with zero attached hydrogens (tertiary/aromatic N) is 1. The molecule has 3 rings (SSSR count). The maximum absolute atomic E-state index is 12.7. The van der Waals surface area contributed by atoms with Crippen LogP contribution in [0.1, 0.15) is 42.1 Å². The lowest BCUT2D eigenvalue weighted by molar-refractivity contribution is -0.132. The van der Waals surface area contributed by atoms with Gasteiger partial charge < -0.3 is 24.4 Å². The van der Waals surface area contributed by atoms with Crippen LogP contribution in [0.3, 0.4) is 0 Å². The van der Waals surface area contributed by atoms with Crippen molar-refractivity contribution in [1.29, 1.82) is 0 Å². The number of ether oxygens (including phenoxy) is 3. The van der Waals surface area contributed by atoms with E-state index in [2.05, 4.69) is 5.32 Å². The molecule has 172 valence electrons. The second kappa shape index (κ2) is 11.4. The summed E-state index contributed by atoms with van der Waals surface area (Å²) in [5.74, 6) is 2.07. The molecule has 32 heavy (non-hydrogen) atoms. The minimum Gasteiger partial charge on any atom is -0.497 e. The molecule has 0 saturated carbocycles. The summed E-state index contributed by atoms with van der Waals surface area (Å²) in [5, 5.41) is 3.07. The van der Waals surface area contributed by atoms with Crippen molar-refractivity contribution in [3.05, 3.63) is 53.6 Å². The van der Waals surface area contributed by atoms with Crippen molar-refractivity contribution in [2.45, 2.75) is 38.6 Å². The van der Waals surface area contributed by atoms with Crippen molar-refractivity contribution in [1.82, 2.24) is 10.2 Å². The van der Waals surface area contributed by atoms with E-state index in [1.807, 2.05) is 36.1 Å². The lowest BCUT2D eigenvalue weighted by atomic mass is 10.0. The van der Waals surface area contributed by atoms with Crippen LogP contribution >= 0.6 is 0 Å². The number of likely N-dealkylation sites (tertiary alicyclic amines) is 1. The molecule has 1 saturated heterocycles. The number of aryl methyl sites for hydroxylation is 1. The van der Waals surface area contributed by atoms with Crippen LogP contribution in [-0.2, 0) is 11.2 Å². The van der Waals surface area contributed by atoms with Gasteiger partial charge in [-0.15, -0.1) is 0 Å². The first-order valence-corrected chi connectivity index (χ1v) is 11.1. The quantitative estimate of drug-likeness (QED) is 0.646. The highest BCUT2D eigenvalue weighted by Crippen LogP contribution is 2.28. The van der Waals surface area contributed by atoms with Gasteiger partial charge in [-0.3, -0.25) is 9.59 Å². The van der Waals surface area contributed by atoms with Crippen LogP contribution in [0.4, 0.5) is 0 Å². The highest BCUT2D eigenvalue weighted by molar-refractivity contribution is 5.94. The molecule has 2 amide bonds. The third-order valence-corrected chi connectivity index (χ3v) is 5.67. The van der Waals surface area contributed by atoms with E-state index in [1.165, 1.54) is 0 Å². The van der Waals surface area contributed by atoms with E-state index in [0.717, 1.165) is 18.4 Å². The average molecular weight is 441 g/mol. The molecular formula is C25H32N2O5. The van der Waals surface area contributed by atoms with Crippen molar-refractivity contribution in [2.75, 3.05) is 33.9 Å². The molecule has 2 aromatic carbocycles. The Bertz CT molecular complexity index is 922. The van der Waals surface area contributed by atoms with Crippen molar-refractivity contribution >= 4 is 11.8 Å². The first-order valence-electron chi connectivity index (χ1n) is 11.1. The molecule has 1 aliphatic heterocycles. The van der Waals surface area contributed by atoms with Crippen LogP contribution in [-0.4, -0.2) is 56.7 Å². The first-order chi connectivity index (χ1) is 15.5. The summed E-state index contributed by atoms with van der Waals surface area (Å²) in [6, 6.07) is 13.0. The molecule has 7 nitrogen and oxygen atoms in total. The number of nitrogens with one attached hydrogen (secondary N) is 1. The number of carbonyl (C=O) groups is 2. The van der Waals surface area contributed by atoms with E-state index in [4.69, 9.17) is 14.2 Å². The zero-order chi connectivity index (χ0) is 22.9. The smallest absolute Gasteiger partial charge is 0.251 e. The van der Waals surface area contributed by atoms with Gasteiger partial charge in [0.2, 0.25) is 5.91 Å². The lowest BCUT2D eigenvalue weighted by Gasteiger charge is -2.32. The number of rotatable bonds is 9. The fourth-order valence-electron chi connectivity index (χ4n) is 3.86. The van der Waals surface area contributed by atoms with E-state index < -0.39 is 0 Å². The standard InChI is InChI=1S/C25H32N2O5/c1-4-32-22-10-8-18(16-23(22)31-3)9-11-24(28)27-14-12-20(13-15-27)26-25(29)19-6-5-7-21(17-19)30-2/h5-8,10,16-17,20H,4,9,11-15H2,1-3H3,(H,26,29). The zero-order valence-electron chi connectivity index (χ0n) is 19.1. The van der Waals surface area contributed by atoms with Crippen molar-refractivity contribution in [3.63, 3.8) is 0 Å². The Morgan fingerprint density at radius 1 is 1.03 bits per heavy atom. The molecule has 1 heterocycles. The van der Waals surface area contributed by atoms with E-state index in [9.17, 15) is 9.59 Å². The molecule has 0 atom stereocenters. The van der Waals surface area contributed by atoms with Gasteiger partial charge in [0.05, 0.1) is 20.8 Å². The van der Waals surface area contributed by atoms with Crippen LogP contribution in [0.2, 0.25) is 0 Å². The zero-order valence-corrected chi connectivity index (χ0v) is 19.1. The Morgan fingerprint density at radius 2 is 1.81 bits per heavy atom. The Kier molecular flexibility index (Phi) is 8.36. The number of hydrogen-bond donors (Lipinski definition) is 1. The van der Waals surface area contributed by atoms with E-state index >= 15 is 0 Å². The lowest BCUT2D eigenvalue weighted by Crippen LogP contribution is -2.46. The highest BCUT2D eigenvalue weighted by Gasteiger charge is 2.24. The van der Waals surface area contributed by atoms with Crippen LogP contribution < -0.4 is 19.5 Å². The minimum absolute atomic E-state index is 0.0631. The molecule has 0 bridgehead atoms. The van der Waals surface area contributed by atoms with Crippen LogP contribution in [0, 0.1) is 0 Å². The van der Waals surface area contributed by atoms with Gasteiger partial charge in [-0.2, -0.15) is 0 Å². The number of benzene rings is 2.